The Morgan fingerprint density at radius 3 is 2.87 bits per heavy atom. The van der Waals surface area contributed by atoms with E-state index in [1.165, 1.54) is 11.1 Å². The highest BCUT2D eigenvalue weighted by molar-refractivity contribution is 5.81. The fraction of sp³-hybridized carbons (Fsp3) is 0.417. The third kappa shape index (κ3) is 5.99. The van der Waals surface area contributed by atoms with Gasteiger partial charge in [-0.05, 0) is 54.5 Å². The highest BCUT2D eigenvalue weighted by Gasteiger charge is 2.21. The van der Waals surface area contributed by atoms with E-state index in [2.05, 4.69) is 36.5 Å². The second kappa shape index (κ2) is 10.7. The van der Waals surface area contributed by atoms with E-state index in [9.17, 15) is 4.79 Å². The summed E-state index contributed by atoms with van der Waals surface area (Å²) in [5.41, 5.74) is 3.31. The molecule has 2 aromatic rings. The first-order valence-corrected chi connectivity index (χ1v) is 10.4. The molecule has 3 rings (SSSR count). The summed E-state index contributed by atoms with van der Waals surface area (Å²) >= 11 is 0. The number of carbonyl (C=O) groups is 1. The maximum atomic E-state index is 12.3. The molecule has 0 aromatic heterocycles. The molecule has 0 heterocycles. The molecule has 0 spiro atoms. The predicted molar refractivity (Wildman–Crippen MR) is 117 cm³/mol. The molecule has 0 unspecified atom stereocenters. The topological polar surface area (TPSA) is 69.2 Å². The number of hydrogen-bond acceptors (Lipinski definition) is 5. The zero-order chi connectivity index (χ0) is 21.3. The summed E-state index contributed by atoms with van der Waals surface area (Å²) in [5.74, 6) is 1.58. The van der Waals surface area contributed by atoms with Gasteiger partial charge in [-0.25, -0.2) is 0 Å². The number of aryl methyl sites for hydroxylation is 1. The van der Waals surface area contributed by atoms with Gasteiger partial charge in [0, 0.05) is 5.56 Å². The van der Waals surface area contributed by atoms with Gasteiger partial charge in [-0.2, -0.15) is 0 Å². The molecule has 1 atom stereocenters. The molecule has 1 aliphatic rings. The summed E-state index contributed by atoms with van der Waals surface area (Å²) in [4.78, 5) is 17.5. The van der Waals surface area contributed by atoms with E-state index in [0.717, 1.165) is 24.8 Å². The summed E-state index contributed by atoms with van der Waals surface area (Å²) < 4.78 is 11.1. The molecule has 0 radical (unpaired) electrons. The van der Waals surface area contributed by atoms with Crippen molar-refractivity contribution in [1.82, 2.24) is 5.32 Å². The van der Waals surface area contributed by atoms with Crippen LogP contribution in [0, 0.1) is 5.92 Å². The van der Waals surface area contributed by atoms with Crippen molar-refractivity contribution in [3.8, 4) is 11.5 Å². The Hall–Kier alpha value is -3.02. The number of benzene rings is 2. The number of oxime groups is 1. The van der Waals surface area contributed by atoms with Crippen molar-refractivity contribution in [2.24, 2.45) is 11.1 Å². The van der Waals surface area contributed by atoms with Crippen molar-refractivity contribution >= 4 is 12.1 Å². The largest absolute Gasteiger partial charge is 0.493 e. The van der Waals surface area contributed by atoms with Gasteiger partial charge < -0.3 is 19.6 Å². The van der Waals surface area contributed by atoms with Crippen molar-refractivity contribution in [2.75, 3.05) is 20.3 Å². The third-order valence-electron chi connectivity index (χ3n) is 4.94. The number of nitrogens with zero attached hydrogens (tertiary/aromatic N) is 1. The van der Waals surface area contributed by atoms with E-state index in [0.29, 0.717) is 24.0 Å². The van der Waals surface area contributed by atoms with Crippen molar-refractivity contribution in [2.45, 2.75) is 39.2 Å². The van der Waals surface area contributed by atoms with Gasteiger partial charge in [0.2, 0.25) is 0 Å². The Labute approximate surface area is 178 Å². The van der Waals surface area contributed by atoms with Crippen LogP contribution in [0.25, 0.3) is 0 Å². The lowest BCUT2D eigenvalue weighted by molar-refractivity contribution is -0.126. The molecule has 0 fully saturated rings. The average molecular weight is 411 g/mol. The van der Waals surface area contributed by atoms with Crippen LogP contribution in [0.5, 0.6) is 11.5 Å². The van der Waals surface area contributed by atoms with Gasteiger partial charge in [-0.3, -0.25) is 4.79 Å². The lowest BCUT2D eigenvalue weighted by atomic mass is 9.88. The standard InChI is InChI=1S/C24H30N2O4/c1-17(2)15-29-22-12-11-18(13-23(22)28-3)14-25-30-16-24(27)26-21-10-6-8-19-7-4-5-9-20(19)21/h4-5,7,9,11-14,17,21H,6,8,10,15-16H2,1-3H3,(H,26,27)/b25-14-/t21-/m0/s1. The molecular formula is C24H30N2O4. The first kappa shape index (κ1) is 21.7. The van der Waals surface area contributed by atoms with E-state index in [1.54, 1.807) is 13.3 Å². The molecule has 1 N–H and O–H groups in total. The first-order valence-electron chi connectivity index (χ1n) is 10.4. The van der Waals surface area contributed by atoms with Gasteiger partial charge in [0.05, 0.1) is 26.0 Å². The second-order valence-electron chi connectivity index (χ2n) is 7.83. The number of ether oxygens (including phenoxy) is 2. The molecule has 6 heteroatoms. The number of nitrogens with one attached hydrogen (secondary N) is 1. The van der Waals surface area contributed by atoms with E-state index in [-0.39, 0.29) is 18.6 Å². The molecule has 0 bridgehead atoms. The third-order valence-corrected chi connectivity index (χ3v) is 4.94. The minimum absolute atomic E-state index is 0.0395. The number of methoxy groups -OCH3 is 1. The van der Waals surface area contributed by atoms with Gasteiger partial charge in [0.25, 0.3) is 5.91 Å². The molecule has 6 nitrogen and oxygen atoms in total. The van der Waals surface area contributed by atoms with Gasteiger partial charge in [0.1, 0.15) is 0 Å². The normalized spacial score (nSPS) is 15.7. The SMILES string of the molecule is COc1cc(/C=N\OCC(=O)N[C@H]2CCCc3ccccc32)ccc1OCC(C)C. The van der Waals surface area contributed by atoms with Crippen LogP contribution in [0.1, 0.15) is 49.4 Å². The zero-order valence-electron chi connectivity index (χ0n) is 17.9. The highest BCUT2D eigenvalue weighted by Crippen LogP contribution is 2.29. The van der Waals surface area contributed by atoms with Crippen molar-refractivity contribution < 1.29 is 19.1 Å². The minimum atomic E-state index is -0.177. The summed E-state index contributed by atoms with van der Waals surface area (Å²) in [5, 5.41) is 6.96. The Morgan fingerprint density at radius 2 is 2.07 bits per heavy atom. The van der Waals surface area contributed by atoms with E-state index in [4.69, 9.17) is 14.3 Å². The molecule has 1 aliphatic carbocycles. The monoisotopic (exact) mass is 410 g/mol. The van der Waals surface area contributed by atoms with Crippen LogP contribution in [0.2, 0.25) is 0 Å². The number of carbonyl (C=O) groups excluding carboxylic acids is 1. The van der Waals surface area contributed by atoms with Gasteiger partial charge in [0.15, 0.2) is 18.1 Å². The average Bonchev–Trinajstić information content (AvgIpc) is 2.75. The Morgan fingerprint density at radius 1 is 1.23 bits per heavy atom. The van der Waals surface area contributed by atoms with Crippen LogP contribution in [-0.4, -0.2) is 32.4 Å². The molecular weight excluding hydrogens is 380 g/mol. The lowest BCUT2D eigenvalue weighted by Gasteiger charge is -2.26. The van der Waals surface area contributed by atoms with Crippen molar-refractivity contribution in [1.29, 1.82) is 0 Å². The Bertz CT molecular complexity index is 879. The smallest absolute Gasteiger partial charge is 0.261 e. The van der Waals surface area contributed by atoms with Crippen LogP contribution in [0.15, 0.2) is 47.6 Å². The molecule has 0 saturated carbocycles. The molecule has 160 valence electrons. The number of amides is 1. The number of rotatable bonds is 9. The summed E-state index contributed by atoms with van der Waals surface area (Å²) in [6.07, 6.45) is 4.63. The van der Waals surface area contributed by atoms with Gasteiger partial charge in [-0.15, -0.1) is 0 Å². The maximum absolute atomic E-state index is 12.3. The molecule has 0 saturated heterocycles. The lowest BCUT2D eigenvalue weighted by Crippen LogP contribution is -2.33. The number of fused-ring (bicyclic) bond motifs is 1. The fourth-order valence-corrected chi connectivity index (χ4v) is 3.47. The van der Waals surface area contributed by atoms with Crippen LogP contribution >= 0.6 is 0 Å². The van der Waals surface area contributed by atoms with Crippen LogP contribution < -0.4 is 14.8 Å². The Kier molecular flexibility index (Phi) is 7.71. The maximum Gasteiger partial charge on any atom is 0.261 e. The van der Waals surface area contributed by atoms with Gasteiger partial charge in [-0.1, -0.05) is 43.3 Å². The van der Waals surface area contributed by atoms with Crippen LogP contribution in [0.3, 0.4) is 0 Å². The number of hydrogen-bond donors (Lipinski definition) is 1. The van der Waals surface area contributed by atoms with Crippen LogP contribution in [0.4, 0.5) is 0 Å². The zero-order valence-corrected chi connectivity index (χ0v) is 17.9. The summed E-state index contributed by atoms with van der Waals surface area (Å²) in [7, 11) is 1.60. The fourth-order valence-electron chi connectivity index (χ4n) is 3.47. The highest BCUT2D eigenvalue weighted by atomic mass is 16.6. The molecule has 1 amide bonds. The minimum Gasteiger partial charge on any atom is -0.493 e. The summed E-state index contributed by atoms with van der Waals surface area (Å²) in [6, 6.07) is 13.8. The predicted octanol–water partition coefficient (Wildman–Crippen LogP) is 4.27. The van der Waals surface area contributed by atoms with Gasteiger partial charge >= 0.3 is 0 Å². The van der Waals surface area contributed by atoms with Crippen molar-refractivity contribution in [3.05, 3.63) is 59.2 Å². The molecule has 0 aliphatic heterocycles. The Balaban J connectivity index is 1.49. The molecule has 2 aromatic carbocycles. The van der Waals surface area contributed by atoms with E-state index < -0.39 is 0 Å². The van der Waals surface area contributed by atoms with Crippen molar-refractivity contribution in [3.63, 3.8) is 0 Å². The quantitative estimate of drug-likeness (QED) is 0.495. The first-order chi connectivity index (χ1) is 14.6. The van der Waals surface area contributed by atoms with Crippen LogP contribution in [-0.2, 0) is 16.1 Å². The molecule has 30 heavy (non-hydrogen) atoms. The van der Waals surface area contributed by atoms with E-state index >= 15 is 0 Å². The second-order valence-corrected chi connectivity index (χ2v) is 7.83. The summed E-state index contributed by atoms with van der Waals surface area (Å²) in [6.45, 7) is 4.68. The van der Waals surface area contributed by atoms with E-state index in [1.807, 2.05) is 30.3 Å².